The minimum atomic E-state index is -0.163. The number of aromatic nitrogens is 1. The second-order valence-corrected chi connectivity index (χ2v) is 4.44. The molecular formula is C13H19N3O2. The van der Waals surface area contributed by atoms with Gasteiger partial charge in [0.05, 0.1) is 18.3 Å². The fourth-order valence-corrected chi connectivity index (χ4v) is 2.45. The van der Waals surface area contributed by atoms with Gasteiger partial charge < -0.3 is 10.4 Å². The standard InChI is InChI=1S/C13H19N3O2/c1-14-13(18)11-5-2-4-10(15-11)12-6-3-7-16(12)8-9-17/h2,4-5,12,17H,3,6-9H2,1H3,(H,14,18). The molecule has 0 radical (unpaired) electrons. The molecule has 2 N–H and O–H groups in total. The summed E-state index contributed by atoms with van der Waals surface area (Å²) in [6.07, 6.45) is 2.14. The topological polar surface area (TPSA) is 65.5 Å². The lowest BCUT2D eigenvalue weighted by Gasteiger charge is -2.23. The number of likely N-dealkylation sites (tertiary alicyclic amines) is 1. The van der Waals surface area contributed by atoms with E-state index in [0.29, 0.717) is 12.2 Å². The summed E-state index contributed by atoms with van der Waals surface area (Å²) in [5.41, 5.74) is 1.37. The molecule has 0 aliphatic carbocycles. The Bertz CT molecular complexity index is 422. The van der Waals surface area contributed by atoms with Gasteiger partial charge in [-0.2, -0.15) is 0 Å². The van der Waals surface area contributed by atoms with Gasteiger partial charge in [-0.1, -0.05) is 6.07 Å². The highest BCUT2D eigenvalue weighted by atomic mass is 16.3. The van der Waals surface area contributed by atoms with E-state index >= 15 is 0 Å². The van der Waals surface area contributed by atoms with Crippen LogP contribution >= 0.6 is 0 Å². The van der Waals surface area contributed by atoms with Crippen molar-refractivity contribution in [3.63, 3.8) is 0 Å². The maximum atomic E-state index is 11.6. The number of aliphatic hydroxyl groups excluding tert-OH is 1. The van der Waals surface area contributed by atoms with E-state index in [1.807, 2.05) is 12.1 Å². The first-order valence-corrected chi connectivity index (χ1v) is 6.30. The highest BCUT2D eigenvalue weighted by Gasteiger charge is 2.26. The molecule has 1 aromatic rings. The van der Waals surface area contributed by atoms with Crippen LogP contribution in [0.4, 0.5) is 0 Å². The van der Waals surface area contributed by atoms with Crippen LogP contribution in [-0.4, -0.2) is 47.6 Å². The molecule has 1 saturated heterocycles. The molecule has 5 nitrogen and oxygen atoms in total. The van der Waals surface area contributed by atoms with Crippen molar-refractivity contribution in [1.29, 1.82) is 0 Å². The number of nitrogens with zero attached hydrogens (tertiary/aromatic N) is 2. The average molecular weight is 249 g/mol. The van der Waals surface area contributed by atoms with Gasteiger partial charge in [0.2, 0.25) is 0 Å². The van der Waals surface area contributed by atoms with Crippen molar-refractivity contribution in [3.8, 4) is 0 Å². The Morgan fingerprint density at radius 3 is 3.17 bits per heavy atom. The summed E-state index contributed by atoms with van der Waals surface area (Å²) >= 11 is 0. The van der Waals surface area contributed by atoms with Gasteiger partial charge in [-0.15, -0.1) is 0 Å². The molecule has 1 atom stereocenters. The highest BCUT2D eigenvalue weighted by molar-refractivity contribution is 5.91. The third kappa shape index (κ3) is 2.68. The van der Waals surface area contributed by atoms with E-state index in [-0.39, 0.29) is 18.6 Å². The summed E-state index contributed by atoms with van der Waals surface area (Å²) in [7, 11) is 1.60. The SMILES string of the molecule is CNC(=O)c1cccc(C2CCCN2CCO)n1. The fraction of sp³-hybridized carbons (Fsp3) is 0.538. The van der Waals surface area contributed by atoms with Crippen molar-refractivity contribution in [3.05, 3.63) is 29.6 Å². The van der Waals surface area contributed by atoms with Crippen molar-refractivity contribution in [2.24, 2.45) is 0 Å². The molecule has 1 unspecified atom stereocenters. The number of carbonyl (C=O) groups is 1. The zero-order valence-electron chi connectivity index (χ0n) is 10.6. The number of rotatable bonds is 4. The zero-order valence-corrected chi connectivity index (χ0v) is 10.6. The summed E-state index contributed by atoms with van der Waals surface area (Å²) in [6.45, 7) is 1.80. The lowest BCUT2D eigenvalue weighted by atomic mass is 10.1. The molecular weight excluding hydrogens is 230 g/mol. The summed E-state index contributed by atoms with van der Waals surface area (Å²) in [5.74, 6) is -0.163. The average Bonchev–Trinajstić information content (AvgIpc) is 2.87. The van der Waals surface area contributed by atoms with E-state index < -0.39 is 0 Å². The van der Waals surface area contributed by atoms with Crippen LogP contribution in [0.15, 0.2) is 18.2 Å². The Morgan fingerprint density at radius 2 is 2.44 bits per heavy atom. The van der Waals surface area contributed by atoms with Gasteiger partial charge in [0.15, 0.2) is 0 Å². The summed E-state index contributed by atoms with van der Waals surface area (Å²) < 4.78 is 0. The van der Waals surface area contributed by atoms with Gasteiger partial charge >= 0.3 is 0 Å². The van der Waals surface area contributed by atoms with Crippen LogP contribution in [0.5, 0.6) is 0 Å². The molecule has 18 heavy (non-hydrogen) atoms. The lowest BCUT2D eigenvalue weighted by Crippen LogP contribution is -2.27. The summed E-state index contributed by atoms with van der Waals surface area (Å²) in [5, 5.41) is 11.6. The second-order valence-electron chi connectivity index (χ2n) is 4.44. The number of β-amino-alcohol motifs (C(OH)–C–C–N with tert-alkyl or cyclic N) is 1. The van der Waals surface area contributed by atoms with Crippen molar-refractivity contribution >= 4 is 5.91 Å². The molecule has 5 heteroatoms. The number of hydrogen-bond donors (Lipinski definition) is 2. The predicted octanol–water partition coefficient (Wildman–Crippen LogP) is 0.570. The molecule has 1 fully saturated rings. The van der Waals surface area contributed by atoms with E-state index in [2.05, 4.69) is 15.2 Å². The monoisotopic (exact) mass is 249 g/mol. The van der Waals surface area contributed by atoms with Crippen molar-refractivity contribution < 1.29 is 9.90 Å². The van der Waals surface area contributed by atoms with E-state index in [1.165, 1.54) is 0 Å². The number of pyridine rings is 1. The van der Waals surface area contributed by atoms with Crippen molar-refractivity contribution in [2.75, 3.05) is 26.7 Å². The molecule has 98 valence electrons. The first kappa shape index (κ1) is 13.0. The van der Waals surface area contributed by atoms with Gasteiger partial charge in [0.1, 0.15) is 5.69 Å². The van der Waals surface area contributed by atoms with Gasteiger partial charge in [-0.25, -0.2) is 4.98 Å². The Balaban J connectivity index is 2.19. The summed E-state index contributed by atoms with van der Waals surface area (Å²) in [4.78, 5) is 18.2. The van der Waals surface area contributed by atoms with Crippen LogP contribution in [0.25, 0.3) is 0 Å². The molecule has 0 aromatic carbocycles. The predicted molar refractivity (Wildman–Crippen MR) is 68.3 cm³/mol. The second kappa shape index (κ2) is 5.93. The number of aliphatic hydroxyl groups is 1. The van der Waals surface area contributed by atoms with E-state index in [1.54, 1.807) is 13.1 Å². The lowest BCUT2D eigenvalue weighted by molar-refractivity contribution is 0.0957. The van der Waals surface area contributed by atoms with Crippen LogP contribution < -0.4 is 5.32 Å². The molecule has 0 spiro atoms. The maximum Gasteiger partial charge on any atom is 0.269 e. The maximum absolute atomic E-state index is 11.6. The van der Waals surface area contributed by atoms with Crippen LogP contribution in [0.1, 0.15) is 35.1 Å². The van der Waals surface area contributed by atoms with Crippen LogP contribution in [0, 0.1) is 0 Å². The van der Waals surface area contributed by atoms with Crippen molar-refractivity contribution in [2.45, 2.75) is 18.9 Å². The van der Waals surface area contributed by atoms with Gasteiger partial charge in [0, 0.05) is 13.6 Å². The Labute approximate surface area is 107 Å². The molecule has 0 saturated carbocycles. The quantitative estimate of drug-likeness (QED) is 0.819. The largest absolute Gasteiger partial charge is 0.395 e. The van der Waals surface area contributed by atoms with Crippen LogP contribution in [0.3, 0.4) is 0 Å². The first-order chi connectivity index (χ1) is 8.76. The number of amides is 1. The third-order valence-corrected chi connectivity index (χ3v) is 3.32. The molecule has 2 rings (SSSR count). The third-order valence-electron chi connectivity index (χ3n) is 3.32. The Morgan fingerprint density at radius 1 is 1.61 bits per heavy atom. The smallest absolute Gasteiger partial charge is 0.269 e. The number of hydrogen-bond acceptors (Lipinski definition) is 4. The Kier molecular flexibility index (Phi) is 4.28. The summed E-state index contributed by atoms with van der Waals surface area (Å²) in [6, 6.07) is 5.75. The first-order valence-electron chi connectivity index (χ1n) is 6.30. The molecule has 1 aliphatic rings. The Hall–Kier alpha value is -1.46. The van der Waals surface area contributed by atoms with Crippen molar-refractivity contribution in [1.82, 2.24) is 15.2 Å². The molecule has 0 bridgehead atoms. The van der Waals surface area contributed by atoms with E-state index in [4.69, 9.17) is 5.11 Å². The normalized spacial score (nSPS) is 20.0. The number of carbonyl (C=O) groups excluding carboxylic acids is 1. The van der Waals surface area contributed by atoms with E-state index in [0.717, 1.165) is 25.1 Å². The van der Waals surface area contributed by atoms with Gasteiger partial charge in [0.25, 0.3) is 5.91 Å². The minimum absolute atomic E-state index is 0.158. The van der Waals surface area contributed by atoms with Crippen LogP contribution in [-0.2, 0) is 0 Å². The van der Waals surface area contributed by atoms with Crippen LogP contribution in [0.2, 0.25) is 0 Å². The van der Waals surface area contributed by atoms with E-state index in [9.17, 15) is 4.79 Å². The zero-order chi connectivity index (χ0) is 13.0. The molecule has 1 aromatic heterocycles. The highest BCUT2D eigenvalue weighted by Crippen LogP contribution is 2.30. The molecule has 1 amide bonds. The molecule has 1 aliphatic heterocycles. The minimum Gasteiger partial charge on any atom is -0.395 e. The van der Waals surface area contributed by atoms with Gasteiger partial charge in [-0.05, 0) is 31.5 Å². The number of nitrogens with one attached hydrogen (secondary N) is 1. The van der Waals surface area contributed by atoms with Gasteiger partial charge in [-0.3, -0.25) is 9.69 Å². The molecule has 2 heterocycles. The fourth-order valence-electron chi connectivity index (χ4n) is 2.45.